The van der Waals surface area contributed by atoms with Crippen molar-refractivity contribution in [1.29, 1.82) is 0 Å². The van der Waals surface area contributed by atoms with E-state index in [0.717, 1.165) is 22.2 Å². The fraction of sp³-hybridized carbons (Fsp3) is 0.400. The first-order chi connectivity index (χ1) is 9.24. The van der Waals surface area contributed by atoms with Crippen molar-refractivity contribution in [3.63, 3.8) is 0 Å². The van der Waals surface area contributed by atoms with Crippen LogP contribution in [0.5, 0.6) is 0 Å². The summed E-state index contributed by atoms with van der Waals surface area (Å²) >= 11 is 0. The van der Waals surface area contributed by atoms with E-state index in [0.29, 0.717) is 19.2 Å². The molecule has 0 bridgehead atoms. The fourth-order valence-corrected chi connectivity index (χ4v) is 2.24. The van der Waals surface area contributed by atoms with E-state index in [2.05, 4.69) is 10.3 Å². The van der Waals surface area contributed by atoms with Gasteiger partial charge < -0.3 is 15.0 Å². The molecule has 0 aliphatic heterocycles. The van der Waals surface area contributed by atoms with Gasteiger partial charge in [0, 0.05) is 28.2 Å². The highest BCUT2D eigenvalue weighted by atomic mass is 16.5. The molecule has 0 unspecified atom stereocenters. The van der Waals surface area contributed by atoms with Gasteiger partial charge in [-0.2, -0.15) is 0 Å². The molecule has 1 aliphatic rings. The summed E-state index contributed by atoms with van der Waals surface area (Å²) in [5, 5.41) is 4.28. The van der Waals surface area contributed by atoms with E-state index in [-0.39, 0.29) is 5.97 Å². The van der Waals surface area contributed by atoms with Crippen molar-refractivity contribution in [2.75, 3.05) is 6.54 Å². The highest BCUT2D eigenvalue weighted by Crippen LogP contribution is 2.22. The Bertz CT molecular complexity index is 599. The first-order valence-electron chi connectivity index (χ1n) is 6.69. The quantitative estimate of drug-likeness (QED) is 0.809. The number of hydrogen-bond acceptors (Lipinski definition) is 3. The number of nitrogens with one attached hydrogen (secondary N) is 2. The van der Waals surface area contributed by atoms with Gasteiger partial charge in [-0.25, -0.2) is 0 Å². The Morgan fingerprint density at radius 1 is 1.42 bits per heavy atom. The van der Waals surface area contributed by atoms with Gasteiger partial charge in [0.05, 0.1) is 6.54 Å². The van der Waals surface area contributed by atoms with Crippen molar-refractivity contribution in [1.82, 2.24) is 10.3 Å². The molecule has 0 spiro atoms. The molecule has 1 fully saturated rings. The average Bonchev–Trinajstić information content (AvgIpc) is 3.17. The van der Waals surface area contributed by atoms with E-state index in [1.54, 1.807) is 0 Å². The minimum absolute atomic E-state index is 0.184. The monoisotopic (exact) mass is 258 g/mol. The lowest BCUT2D eigenvalue weighted by Crippen LogP contribution is -2.26. The Labute approximate surface area is 112 Å². The molecule has 1 saturated carbocycles. The Balaban J connectivity index is 1.63. The molecule has 4 nitrogen and oxygen atoms in total. The van der Waals surface area contributed by atoms with Gasteiger partial charge >= 0.3 is 5.97 Å². The number of fused-ring (bicyclic) bond motifs is 1. The van der Waals surface area contributed by atoms with Gasteiger partial charge in [-0.15, -0.1) is 0 Å². The Kier molecular flexibility index (Phi) is 3.25. The predicted molar refractivity (Wildman–Crippen MR) is 73.9 cm³/mol. The van der Waals surface area contributed by atoms with Gasteiger partial charge in [-0.1, -0.05) is 18.2 Å². The third-order valence-electron chi connectivity index (χ3n) is 3.52. The van der Waals surface area contributed by atoms with Gasteiger partial charge in [-0.05, 0) is 25.8 Å². The number of esters is 1. The van der Waals surface area contributed by atoms with Crippen LogP contribution in [0.15, 0.2) is 24.3 Å². The standard InChI is InChI=1S/C15H18N2O2/c1-10-13(12-4-2-3-5-14(12)17-10)9-19-15(18)8-16-11-6-7-11/h2-5,11,16-17H,6-9H2,1H3. The van der Waals surface area contributed by atoms with Crippen LogP contribution in [0.4, 0.5) is 0 Å². The first kappa shape index (κ1) is 12.2. The lowest BCUT2D eigenvalue weighted by molar-refractivity contribution is -0.143. The lowest BCUT2D eigenvalue weighted by atomic mass is 10.1. The second-order valence-electron chi connectivity index (χ2n) is 5.09. The van der Waals surface area contributed by atoms with E-state index >= 15 is 0 Å². The van der Waals surface area contributed by atoms with Crippen LogP contribution in [0.2, 0.25) is 0 Å². The van der Waals surface area contributed by atoms with Crippen LogP contribution in [-0.2, 0) is 16.1 Å². The summed E-state index contributed by atoms with van der Waals surface area (Å²) < 4.78 is 5.33. The highest BCUT2D eigenvalue weighted by Gasteiger charge is 2.21. The topological polar surface area (TPSA) is 54.1 Å². The van der Waals surface area contributed by atoms with Crippen molar-refractivity contribution in [2.45, 2.75) is 32.4 Å². The molecular formula is C15H18N2O2. The van der Waals surface area contributed by atoms with Gasteiger partial charge in [0.1, 0.15) is 6.61 Å². The van der Waals surface area contributed by atoms with E-state index < -0.39 is 0 Å². The number of aryl methyl sites for hydroxylation is 1. The third kappa shape index (κ3) is 2.79. The molecule has 100 valence electrons. The van der Waals surface area contributed by atoms with Crippen molar-refractivity contribution in [3.8, 4) is 0 Å². The number of rotatable bonds is 5. The van der Waals surface area contributed by atoms with Crippen LogP contribution in [0.1, 0.15) is 24.1 Å². The van der Waals surface area contributed by atoms with Crippen LogP contribution < -0.4 is 5.32 Å². The molecule has 1 aliphatic carbocycles. The third-order valence-corrected chi connectivity index (χ3v) is 3.52. The molecule has 4 heteroatoms. The number of ether oxygens (including phenoxy) is 1. The van der Waals surface area contributed by atoms with E-state index in [1.807, 2.05) is 31.2 Å². The molecule has 0 atom stereocenters. The molecule has 1 heterocycles. The number of benzene rings is 1. The Morgan fingerprint density at radius 2 is 2.21 bits per heavy atom. The van der Waals surface area contributed by atoms with Crippen LogP contribution in [0.25, 0.3) is 10.9 Å². The van der Waals surface area contributed by atoms with Crippen LogP contribution in [0, 0.1) is 6.92 Å². The number of aromatic amines is 1. The maximum Gasteiger partial charge on any atom is 0.320 e. The van der Waals surface area contributed by atoms with E-state index in [9.17, 15) is 4.79 Å². The largest absolute Gasteiger partial charge is 0.460 e. The van der Waals surface area contributed by atoms with E-state index in [4.69, 9.17) is 4.74 Å². The SMILES string of the molecule is Cc1[nH]c2ccccc2c1COC(=O)CNC1CC1. The number of H-pyrrole nitrogens is 1. The summed E-state index contributed by atoms with van der Waals surface area (Å²) in [5.74, 6) is -0.184. The number of carbonyl (C=O) groups is 1. The van der Waals surface area contributed by atoms with Gasteiger partial charge in [-0.3, -0.25) is 4.79 Å². The van der Waals surface area contributed by atoms with Crippen LogP contribution >= 0.6 is 0 Å². The number of aromatic nitrogens is 1. The Hall–Kier alpha value is -1.81. The number of hydrogen-bond donors (Lipinski definition) is 2. The maximum atomic E-state index is 11.6. The predicted octanol–water partition coefficient (Wildman–Crippen LogP) is 2.27. The second-order valence-corrected chi connectivity index (χ2v) is 5.09. The Morgan fingerprint density at radius 3 is 3.00 bits per heavy atom. The fourth-order valence-electron chi connectivity index (χ4n) is 2.24. The zero-order valence-electron chi connectivity index (χ0n) is 11.0. The molecular weight excluding hydrogens is 240 g/mol. The summed E-state index contributed by atoms with van der Waals surface area (Å²) in [4.78, 5) is 14.9. The van der Waals surface area contributed by atoms with Crippen molar-refractivity contribution >= 4 is 16.9 Å². The number of carbonyl (C=O) groups excluding carboxylic acids is 1. The van der Waals surface area contributed by atoms with Crippen molar-refractivity contribution < 1.29 is 9.53 Å². The molecule has 1 aromatic carbocycles. The van der Waals surface area contributed by atoms with E-state index in [1.165, 1.54) is 12.8 Å². The van der Waals surface area contributed by atoms with Crippen molar-refractivity contribution in [3.05, 3.63) is 35.5 Å². The molecule has 0 saturated heterocycles. The first-order valence-corrected chi connectivity index (χ1v) is 6.69. The molecule has 1 aromatic heterocycles. The normalized spacial score (nSPS) is 14.8. The maximum absolute atomic E-state index is 11.6. The smallest absolute Gasteiger partial charge is 0.320 e. The van der Waals surface area contributed by atoms with Crippen LogP contribution in [-0.4, -0.2) is 23.5 Å². The minimum atomic E-state index is -0.184. The molecule has 0 amide bonds. The summed E-state index contributed by atoms with van der Waals surface area (Å²) in [6, 6.07) is 8.60. The number of para-hydroxylation sites is 1. The molecule has 0 radical (unpaired) electrons. The second kappa shape index (κ2) is 5.05. The lowest BCUT2D eigenvalue weighted by Gasteiger charge is -2.06. The zero-order chi connectivity index (χ0) is 13.2. The van der Waals surface area contributed by atoms with Gasteiger partial charge in [0.25, 0.3) is 0 Å². The molecule has 3 rings (SSSR count). The molecule has 19 heavy (non-hydrogen) atoms. The summed E-state index contributed by atoms with van der Waals surface area (Å²) in [6.45, 7) is 2.65. The van der Waals surface area contributed by atoms with Gasteiger partial charge in [0.2, 0.25) is 0 Å². The molecule has 2 aromatic rings. The zero-order valence-corrected chi connectivity index (χ0v) is 11.0. The summed E-state index contributed by atoms with van der Waals surface area (Å²) in [5.41, 5.74) is 3.21. The van der Waals surface area contributed by atoms with Gasteiger partial charge in [0.15, 0.2) is 0 Å². The molecule has 2 N–H and O–H groups in total. The average molecular weight is 258 g/mol. The minimum Gasteiger partial charge on any atom is -0.460 e. The summed E-state index contributed by atoms with van der Waals surface area (Å²) in [6.07, 6.45) is 2.35. The highest BCUT2D eigenvalue weighted by molar-refractivity contribution is 5.84. The summed E-state index contributed by atoms with van der Waals surface area (Å²) in [7, 11) is 0. The van der Waals surface area contributed by atoms with Crippen LogP contribution in [0.3, 0.4) is 0 Å². The van der Waals surface area contributed by atoms with Crippen molar-refractivity contribution in [2.24, 2.45) is 0 Å².